The highest BCUT2D eigenvalue weighted by molar-refractivity contribution is 7.99. The van der Waals surface area contributed by atoms with E-state index in [0.717, 1.165) is 18.0 Å². The Bertz CT molecular complexity index is 530. The first-order chi connectivity index (χ1) is 10.3. The second-order valence-electron chi connectivity index (χ2n) is 6.80. The van der Waals surface area contributed by atoms with Gasteiger partial charge < -0.3 is 4.90 Å². The van der Waals surface area contributed by atoms with Crippen molar-refractivity contribution in [1.29, 1.82) is 0 Å². The van der Waals surface area contributed by atoms with Gasteiger partial charge in [-0.05, 0) is 43.6 Å². The van der Waals surface area contributed by atoms with Crippen LogP contribution in [0.25, 0.3) is 0 Å². The summed E-state index contributed by atoms with van der Waals surface area (Å²) in [7, 11) is 0. The Kier molecular flexibility index (Phi) is 3.66. The number of hydrogen-bond acceptors (Lipinski definition) is 3. The highest BCUT2D eigenvalue weighted by atomic mass is 32.2. The number of thioether (sulfide) groups is 1. The van der Waals surface area contributed by atoms with E-state index in [1.165, 1.54) is 49.5 Å². The predicted molar refractivity (Wildman–Crippen MR) is 91.6 cm³/mol. The fraction of sp³-hybridized carbons (Fsp3) is 0.667. The van der Waals surface area contributed by atoms with Gasteiger partial charge in [-0.15, -0.1) is 11.8 Å². The van der Waals surface area contributed by atoms with E-state index >= 15 is 0 Å². The molecule has 3 heterocycles. The maximum Gasteiger partial charge on any atom is 0.0543 e. The third-order valence-corrected chi connectivity index (χ3v) is 6.87. The van der Waals surface area contributed by atoms with Crippen LogP contribution in [0.15, 0.2) is 23.1 Å². The molecule has 0 N–H and O–H groups in total. The zero-order valence-corrected chi connectivity index (χ0v) is 14.0. The zero-order valence-electron chi connectivity index (χ0n) is 13.2. The van der Waals surface area contributed by atoms with Gasteiger partial charge in [0.2, 0.25) is 0 Å². The molecule has 0 aliphatic carbocycles. The van der Waals surface area contributed by atoms with E-state index in [-0.39, 0.29) is 0 Å². The Balaban J connectivity index is 1.70. The van der Waals surface area contributed by atoms with Crippen LogP contribution >= 0.6 is 11.8 Å². The van der Waals surface area contributed by atoms with E-state index in [1.54, 1.807) is 11.3 Å². The number of fused-ring (bicyclic) bond motifs is 3. The molecule has 0 bridgehead atoms. The van der Waals surface area contributed by atoms with Crippen LogP contribution < -0.4 is 4.90 Å². The van der Waals surface area contributed by atoms with E-state index in [9.17, 15) is 0 Å². The Labute approximate surface area is 132 Å². The van der Waals surface area contributed by atoms with Crippen molar-refractivity contribution >= 4 is 17.4 Å². The molecule has 3 atom stereocenters. The molecular formula is C18H26N2S. The lowest BCUT2D eigenvalue weighted by Crippen LogP contribution is -2.49. The number of piperidine rings is 1. The van der Waals surface area contributed by atoms with Gasteiger partial charge in [-0.3, -0.25) is 4.90 Å². The molecule has 1 aromatic rings. The van der Waals surface area contributed by atoms with Gasteiger partial charge in [-0.25, -0.2) is 0 Å². The van der Waals surface area contributed by atoms with Crippen molar-refractivity contribution in [2.45, 2.75) is 56.0 Å². The third kappa shape index (κ3) is 2.20. The van der Waals surface area contributed by atoms with Gasteiger partial charge in [0.25, 0.3) is 0 Å². The number of hydrogen-bond donors (Lipinski definition) is 0. The topological polar surface area (TPSA) is 6.48 Å². The highest BCUT2D eigenvalue weighted by Gasteiger charge is 2.43. The molecule has 3 unspecified atom stereocenters. The quantitative estimate of drug-likeness (QED) is 0.816. The lowest BCUT2D eigenvalue weighted by atomic mass is 9.88. The summed E-state index contributed by atoms with van der Waals surface area (Å²) in [6.07, 6.45) is 3.94. The molecule has 114 valence electrons. The van der Waals surface area contributed by atoms with Crippen LogP contribution in [0.3, 0.4) is 0 Å². The fourth-order valence-electron chi connectivity index (χ4n) is 4.42. The fourth-order valence-corrected chi connectivity index (χ4v) is 5.46. The Morgan fingerprint density at radius 3 is 3.10 bits per heavy atom. The molecule has 0 aromatic heterocycles. The molecule has 0 amide bonds. The lowest BCUT2D eigenvalue weighted by Gasteiger charge is -2.41. The van der Waals surface area contributed by atoms with Crippen molar-refractivity contribution in [3.63, 3.8) is 0 Å². The number of para-hydroxylation sites is 1. The number of anilines is 1. The lowest BCUT2D eigenvalue weighted by molar-refractivity contribution is 0.144. The largest absolute Gasteiger partial charge is 0.367 e. The molecule has 4 rings (SSSR count). The van der Waals surface area contributed by atoms with Crippen LogP contribution in [0.1, 0.15) is 44.6 Å². The third-order valence-electron chi connectivity index (χ3n) is 5.74. The summed E-state index contributed by atoms with van der Waals surface area (Å²) in [5.74, 6) is 2.02. The van der Waals surface area contributed by atoms with E-state index in [1.807, 2.05) is 0 Å². The standard InChI is InChI=1S/C18H26N2S/c1-3-13(2)19-10-8-16-15(12-19)14-6-4-7-17-18(14)20(16)9-5-11-21-17/h4,6-7,13,15-16H,3,5,8-12H2,1-2H3. The van der Waals surface area contributed by atoms with Gasteiger partial charge in [0.05, 0.1) is 5.69 Å². The van der Waals surface area contributed by atoms with Crippen LogP contribution in [0.2, 0.25) is 0 Å². The predicted octanol–water partition coefficient (Wildman–Crippen LogP) is 3.96. The number of rotatable bonds is 2. The second kappa shape index (κ2) is 5.51. The zero-order chi connectivity index (χ0) is 14.4. The second-order valence-corrected chi connectivity index (χ2v) is 7.94. The van der Waals surface area contributed by atoms with Crippen molar-refractivity contribution in [3.8, 4) is 0 Å². The van der Waals surface area contributed by atoms with Crippen LogP contribution in [-0.4, -0.2) is 42.4 Å². The summed E-state index contributed by atoms with van der Waals surface area (Å²) >= 11 is 2.07. The van der Waals surface area contributed by atoms with Gasteiger partial charge in [0, 0.05) is 42.5 Å². The van der Waals surface area contributed by atoms with E-state index in [2.05, 4.69) is 53.6 Å². The van der Waals surface area contributed by atoms with E-state index in [0.29, 0.717) is 0 Å². The van der Waals surface area contributed by atoms with Crippen molar-refractivity contribution in [3.05, 3.63) is 23.8 Å². The van der Waals surface area contributed by atoms with Gasteiger partial charge in [-0.2, -0.15) is 0 Å². The smallest absolute Gasteiger partial charge is 0.0543 e. The average Bonchev–Trinajstić information content (AvgIpc) is 2.69. The number of likely N-dealkylation sites (tertiary alicyclic amines) is 1. The van der Waals surface area contributed by atoms with Gasteiger partial charge in [-0.1, -0.05) is 19.1 Å². The maximum atomic E-state index is 2.77. The van der Waals surface area contributed by atoms with E-state index < -0.39 is 0 Å². The summed E-state index contributed by atoms with van der Waals surface area (Å²) in [4.78, 5) is 7.03. The molecule has 1 aromatic carbocycles. The normalized spacial score (nSPS) is 29.7. The maximum absolute atomic E-state index is 2.77. The van der Waals surface area contributed by atoms with Gasteiger partial charge in [0.1, 0.15) is 0 Å². The minimum atomic E-state index is 0.730. The molecule has 1 fully saturated rings. The first-order valence-corrected chi connectivity index (χ1v) is 9.54. The monoisotopic (exact) mass is 302 g/mol. The van der Waals surface area contributed by atoms with Crippen molar-refractivity contribution in [2.75, 3.05) is 30.3 Å². The summed E-state index contributed by atoms with van der Waals surface area (Å²) in [5.41, 5.74) is 3.24. The van der Waals surface area contributed by atoms with Crippen LogP contribution in [0.4, 0.5) is 5.69 Å². The molecule has 1 saturated heterocycles. The van der Waals surface area contributed by atoms with Crippen molar-refractivity contribution in [1.82, 2.24) is 4.90 Å². The Morgan fingerprint density at radius 2 is 2.24 bits per heavy atom. The van der Waals surface area contributed by atoms with Gasteiger partial charge in [0.15, 0.2) is 0 Å². The SMILES string of the molecule is CCC(C)N1CCC2C(C1)c1cccc3c1N2CCCS3. The van der Waals surface area contributed by atoms with Crippen molar-refractivity contribution < 1.29 is 0 Å². The number of nitrogens with zero attached hydrogens (tertiary/aromatic N) is 2. The molecule has 3 aliphatic heterocycles. The summed E-state index contributed by atoms with van der Waals surface area (Å²) in [6, 6.07) is 8.53. The van der Waals surface area contributed by atoms with Crippen LogP contribution in [0.5, 0.6) is 0 Å². The van der Waals surface area contributed by atoms with Crippen LogP contribution in [-0.2, 0) is 0 Å². The Morgan fingerprint density at radius 1 is 1.33 bits per heavy atom. The number of benzene rings is 1. The van der Waals surface area contributed by atoms with Crippen LogP contribution in [0, 0.1) is 0 Å². The molecule has 0 spiro atoms. The van der Waals surface area contributed by atoms with E-state index in [4.69, 9.17) is 0 Å². The van der Waals surface area contributed by atoms with Crippen molar-refractivity contribution in [2.24, 2.45) is 0 Å². The highest BCUT2D eigenvalue weighted by Crippen LogP contribution is 2.50. The molecule has 21 heavy (non-hydrogen) atoms. The first kappa shape index (κ1) is 14.0. The summed E-state index contributed by atoms with van der Waals surface area (Å²) in [5, 5.41) is 0. The molecular weight excluding hydrogens is 276 g/mol. The minimum Gasteiger partial charge on any atom is -0.367 e. The average molecular weight is 302 g/mol. The minimum absolute atomic E-state index is 0.730. The summed E-state index contributed by atoms with van der Waals surface area (Å²) in [6.45, 7) is 8.52. The molecule has 0 radical (unpaired) electrons. The molecule has 3 aliphatic rings. The Hall–Kier alpha value is -0.670. The summed E-state index contributed by atoms with van der Waals surface area (Å²) < 4.78 is 0. The van der Waals surface area contributed by atoms with Gasteiger partial charge >= 0.3 is 0 Å². The first-order valence-electron chi connectivity index (χ1n) is 8.56. The molecule has 3 heteroatoms. The molecule has 2 nitrogen and oxygen atoms in total. The molecule has 0 saturated carbocycles.